The molecule has 0 radical (unpaired) electrons. The number of allylic oxidation sites excluding steroid dienone is 1. The molecule has 5 rings (SSSR count). The van der Waals surface area contributed by atoms with Gasteiger partial charge in [0.25, 0.3) is 5.56 Å². The monoisotopic (exact) mass is 642 g/mol. The second-order valence-corrected chi connectivity index (χ2v) is 12.6. The molecule has 1 aliphatic heterocycles. The van der Waals surface area contributed by atoms with E-state index in [-0.39, 0.29) is 18.5 Å². The third kappa shape index (κ3) is 8.63. The third-order valence-electron chi connectivity index (χ3n) is 8.53. The van der Waals surface area contributed by atoms with Gasteiger partial charge in [-0.1, -0.05) is 37.8 Å². The van der Waals surface area contributed by atoms with Crippen LogP contribution in [0.5, 0.6) is 0 Å². The predicted molar refractivity (Wildman–Crippen MR) is 185 cm³/mol. The van der Waals surface area contributed by atoms with Crippen LogP contribution in [0, 0.1) is 0 Å². The Kier molecular flexibility index (Phi) is 11.0. The summed E-state index contributed by atoms with van der Waals surface area (Å²) in [5.74, 6) is 0.107. The summed E-state index contributed by atoms with van der Waals surface area (Å²) in [6.45, 7) is 12.5. The van der Waals surface area contributed by atoms with E-state index in [1.54, 1.807) is 42.8 Å². The van der Waals surface area contributed by atoms with Crippen LogP contribution in [0.1, 0.15) is 64.5 Å². The number of nitrogens with one attached hydrogen (secondary N) is 1. The van der Waals surface area contributed by atoms with Gasteiger partial charge in [-0.05, 0) is 69.6 Å². The van der Waals surface area contributed by atoms with Gasteiger partial charge in [-0.3, -0.25) is 14.5 Å². The molecule has 4 heterocycles. The van der Waals surface area contributed by atoms with Gasteiger partial charge in [-0.15, -0.1) is 6.58 Å². The summed E-state index contributed by atoms with van der Waals surface area (Å²) in [6, 6.07) is 13.5. The number of benzene rings is 1. The van der Waals surface area contributed by atoms with Crippen LogP contribution in [0.15, 0.2) is 66.1 Å². The number of aliphatic hydroxyl groups is 1. The number of hydrogen-bond donors (Lipinski definition) is 3. The van der Waals surface area contributed by atoms with E-state index in [9.17, 15) is 14.7 Å². The smallest absolute Gasteiger partial charge is 0.303 e. The number of unbranched alkanes of at least 4 members (excludes halogenated alkanes) is 5. The van der Waals surface area contributed by atoms with Crippen LogP contribution in [-0.2, 0) is 16.9 Å². The van der Waals surface area contributed by atoms with Crippen molar-refractivity contribution in [3.63, 3.8) is 0 Å². The molecule has 1 aliphatic rings. The Morgan fingerprint density at radius 3 is 2.36 bits per heavy atom. The number of aromatic nitrogens is 5. The molecule has 12 nitrogen and oxygen atoms in total. The van der Waals surface area contributed by atoms with Gasteiger partial charge >= 0.3 is 5.97 Å². The van der Waals surface area contributed by atoms with Crippen molar-refractivity contribution in [3.8, 4) is 5.82 Å². The Balaban J connectivity index is 1.20. The number of anilines is 3. The molecule has 0 unspecified atom stereocenters. The van der Waals surface area contributed by atoms with Crippen molar-refractivity contribution in [1.82, 2.24) is 29.2 Å². The Labute approximate surface area is 275 Å². The number of carbonyl (C=O) groups is 1. The van der Waals surface area contributed by atoms with E-state index in [1.165, 1.54) is 35.8 Å². The molecule has 3 N–H and O–H groups in total. The van der Waals surface area contributed by atoms with Gasteiger partial charge < -0.3 is 20.4 Å². The predicted octanol–water partition coefficient (Wildman–Crippen LogP) is 5.07. The van der Waals surface area contributed by atoms with Crippen LogP contribution < -0.4 is 15.8 Å². The van der Waals surface area contributed by atoms with Gasteiger partial charge in [0.1, 0.15) is 11.0 Å². The molecular weight excluding hydrogens is 596 g/mol. The van der Waals surface area contributed by atoms with E-state index >= 15 is 0 Å². The van der Waals surface area contributed by atoms with Crippen molar-refractivity contribution in [3.05, 3.63) is 77.4 Å². The Morgan fingerprint density at radius 1 is 0.979 bits per heavy atom. The number of carboxylic acid groups (broad SMARTS) is 1. The highest BCUT2D eigenvalue weighted by molar-refractivity contribution is 5.77. The summed E-state index contributed by atoms with van der Waals surface area (Å²) >= 11 is 0. The number of carboxylic acids is 1. The maximum absolute atomic E-state index is 13.3. The molecule has 3 aromatic heterocycles. The second-order valence-electron chi connectivity index (χ2n) is 12.6. The van der Waals surface area contributed by atoms with Crippen LogP contribution in [0.4, 0.5) is 17.3 Å². The average molecular weight is 643 g/mol. The SMILES string of the molecule is C=CCn1c(=O)c2cnc(Nc3ccc(N4CCN(CCCCCCCCC(=O)O)CC4)cc3)nc2n1-c1cccc(C(C)(C)O)n1. The quantitative estimate of drug-likeness (QED) is 0.112. The van der Waals surface area contributed by atoms with E-state index in [1.807, 2.05) is 12.1 Å². The third-order valence-corrected chi connectivity index (χ3v) is 8.53. The highest BCUT2D eigenvalue weighted by Gasteiger charge is 2.22. The van der Waals surface area contributed by atoms with Crippen LogP contribution in [0.25, 0.3) is 16.9 Å². The minimum atomic E-state index is -1.16. The molecule has 4 aromatic rings. The Morgan fingerprint density at radius 2 is 1.68 bits per heavy atom. The average Bonchev–Trinajstić information content (AvgIpc) is 3.33. The first-order valence-electron chi connectivity index (χ1n) is 16.5. The Bertz CT molecular complexity index is 1720. The molecule has 1 fully saturated rings. The van der Waals surface area contributed by atoms with Gasteiger partial charge in [0.15, 0.2) is 11.5 Å². The van der Waals surface area contributed by atoms with E-state index in [4.69, 9.17) is 10.1 Å². The zero-order valence-electron chi connectivity index (χ0n) is 27.4. The summed E-state index contributed by atoms with van der Waals surface area (Å²) in [7, 11) is 0. The molecule has 1 saturated heterocycles. The maximum atomic E-state index is 13.3. The Hall–Kier alpha value is -4.55. The van der Waals surface area contributed by atoms with Gasteiger partial charge in [-0.25, -0.2) is 19.3 Å². The van der Waals surface area contributed by atoms with Crippen molar-refractivity contribution in [2.45, 2.75) is 70.9 Å². The van der Waals surface area contributed by atoms with Crippen molar-refractivity contribution in [2.24, 2.45) is 0 Å². The summed E-state index contributed by atoms with van der Waals surface area (Å²) in [5, 5.41) is 22.9. The fourth-order valence-corrected chi connectivity index (χ4v) is 5.92. The number of rotatable bonds is 16. The molecule has 47 heavy (non-hydrogen) atoms. The zero-order chi connectivity index (χ0) is 33.4. The summed E-state index contributed by atoms with van der Waals surface area (Å²) < 4.78 is 3.16. The first-order chi connectivity index (χ1) is 22.6. The van der Waals surface area contributed by atoms with Crippen LogP contribution >= 0.6 is 0 Å². The largest absolute Gasteiger partial charge is 0.481 e. The van der Waals surface area contributed by atoms with Crippen LogP contribution in [0.3, 0.4) is 0 Å². The standard InChI is InChI=1S/C35H46N8O4/c1-4-19-42-33(46)28-25-36-34(39-32(28)43(42)30-13-11-12-29(38-30)35(2,3)47)37-26-15-17-27(18-16-26)41-23-21-40(22-24-41)20-10-8-6-5-7-9-14-31(44)45/h4,11-13,15-18,25,47H,1,5-10,14,19-24H2,2-3H3,(H,44,45)(H,36,37,39). The lowest BCUT2D eigenvalue weighted by molar-refractivity contribution is -0.137. The first-order valence-corrected chi connectivity index (χ1v) is 16.5. The topological polar surface area (TPSA) is 142 Å². The lowest BCUT2D eigenvalue weighted by Gasteiger charge is -2.36. The lowest BCUT2D eigenvalue weighted by atomic mass is 10.1. The first kappa shape index (κ1) is 33.8. The fraction of sp³-hybridized carbons (Fsp3) is 0.457. The molecule has 250 valence electrons. The van der Waals surface area contributed by atoms with Crippen molar-refractivity contribution < 1.29 is 15.0 Å². The van der Waals surface area contributed by atoms with E-state index in [2.05, 4.69) is 43.8 Å². The summed E-state index contributed by atoms with van der Waals surface area (Å²) in [5.41, 5.74) is 1.47. The molecule has 0 spiro atoms. The summed E-state index contributed by atoms with van der Waals surface area (Å²) in [6.07, 6.45) is 9.92. The van der Waals surface area contributed by atoms with Gasteiger partial charge in [0, 0.05) is 50.2 Å². The molecule has 0 amide bonds. The number of aliphatic carboxylic acids is 1. The minimum Gasteiger partial charge on any atom is -0.481 e. The van der Waals surface area contributed by atoms with Gasteiger partial charge in [-0.2, -0.15) is 4.98 Å². The molecule has 0 bridgehead atoms. The lowest BCUT2D eigenvalue weighted by Crippen LogP contribution is -2.46. The number of hydrogen-bond acceptors (Lipinski definition) is 9. The van der Waals surface area contributed by atoms with Crippen molar-refractivity contribution in [2.75, 3.05) is 42.9 Å². The molecule has 1 aromatic carbocycles. The zero-order valence-corrected chi connectivity index (χ0v) is 27.4. The highest BCUT2D eigenvalue weighted by atomic mass is 16.4. The maximum Gasteiger partial charge on any atom is 0.303 e. The number of fused-ring (bicyclic) bond motifs is 1. The van der Waals surface area contributed by atoms with Crippen LogP contribution in [-0.4, -0.2) is 78.1 Å². The number of nitrogens with zero attached hydrogens (tertiary/aromatic N) is 7. The number of pyridine rings is 1. The van der Waals surface area contributed by atoms with Gasteiger partial charge in [0.2, 0.25) is 5.95 Å². The van der Waals surface area contributed by atoms with E-state index in [0.717, 1.165) is 57.7 Å². The van der Waals surface area contributed by atoms with Crippen LogP contribution in [0.2, 0.25) is 0 Å². The van der Waals surface area contributed by atoms with E-state index < -0.39 is 11.6 Å². The fourth-order valence-electron chi connectivity index (χ4n) is 5.92. The molecule has 0 aliphatic carbocycles. The molecule has 12 heteroatoms. The van der Waals surface area contributed by atoms with E-state index in [0.29, 0.717) is 28.5 Å². The molecule has 0 saturated carbocycles. The molecular formula is C35H46N8O4. The molecule has 0 atom stereocenters. The van der Waals surface area contributed by atoms with Crippen molar-refractivity contribution in [1.29, 1.82) is 0 Å². The van der Waals surface area contributed by atoms with Gasteiger partial charge in [0.05, 0.1) is 12.2 Å². The number of piperazine rings is 1. The second kappa shape index (κ2) is 15.4. The van der Waals surface area contributed by atoms with Crippen molar-refractivity contribution >= 4 is 34.3 Å². The normalized spacial score (nSPS) is 14.1. The summed E-state index contributed by atoms with van der Waals surface area (Å²) in [4.78, 5) is 42.6. The minimum absolute atomic E-state index is 0.250. The highest BCUT2D eigenvalue weighted by Crippen LogP contribution is 2.24.